The van der Waals surface area contributed by atoms with Crippen molar-refractivity contribution in [2.45, 2.75) is 6.54 Å². The van der Waals surface area contributed by atoms with Gasteiger partial charge in [-0.1, -0.05) is 6.07 Å². The van der Waals surface area contributed by atoms with Crippen LogP contribution < -0.4 is 5.73 Å². The van der Waals surface area contributed by atoms with Crippen molar-refractivity contribution in [2.24, 2.45) is 5.73 Å². The fourth-order valence-corrected chi connectivity index (χ4v) is 1.29. The summed E-state index contributed by atoms with van der Waals surface area (Å²) in [5.41, 5.74) is 7.07. The Morgan fingerprint density at radius 2 is 2.08 bits per heavy atom. The molecule has 0 bridgehead atoms. The first kappa shape index (κ1) is 8.01. The number of nitrogens with two attached hydrogens (primary N) is 1. The van der Waals surface area contributed by atoms with E-state index in [-0.39, 0.29) is 5.75 Å². The number of phenolic OH excluding ortho intramolecular Hbond substituents is 1. The normalized spacial score (nSPS) is 10.5. The lowest BCUT2D eigenvalue weighted by Crippen LogP contribution is -1.98. The van der Waals surface area contributed by atoms with Gasteiger partial charge in [-0.05, 0) is 24.3 Å². The fraction of sp³-hybridized carbons (Fsp3) is 0.100. The molecule has 0 saturated carbocycles. The highest BCUT2D eigenvalue weighted by Crippen LogP contribution is 2.22. The average Bonchev–Trinajstić information content (AvgIpc) is 2.18. The molecular formula is C10H10N2O. The Hall–Kier alpha value is -1.61. The van der Waals surface area contributed by atoms with Gasteiger partial charge in [0.05, 0.1) is 11.2 Å². The highest BCUT2D eigenvalue weighted by atomic mass is 16.3. The van der Waals surface area contributed by atoms with Gasteiger partial charge >= 0.3 is 0 Å². The number of hydrogen-bond donors (Lipinski definition) is 2. The van der Waals surface area contributed by atoms with E-state index in [0.29, 0.717) is 6.54 Å². The minimum atomic E-state index is 0.258. The van der Waals surface area contributed by atoms with E-state index >= 15 is 0 Å². The first-order chi connectivity index (χ1) is 6.31. The van der Waals surface area contributed by atoms with Crippen LogP contribution in [0.15, 0.2) is 30.3 Å². The molecule has 3 N–H and O–H groups in total. The van der Waals surface area contributed by atoms with Crippen LogP contribution in [0, 0.1) is 0 Å². The second-order valence-electron chi connectivity index (χ2n) is 2.85. The number of rotatable bonds is 1. The van der Waals surface area contributed by atoms with Crippen molar-refractivity contribution < 1.29 is 5.11 Å². The van der Waals surface area contributed by atoms with Gasteiger partial charge in [-0.15, -0.1) is 0 Å². The van der Waals surface area contributed by atoms with Gasteiger partial charge in [0, 0.05) is 11.9 Å². The molecule has 2 aromatic rings. The molecule has 0 amide bonds. The molecule has 0 spiro atoms. The molecule has 13 heavy (non-hydrogen) atoms. The van der Waals surface area contributed by atoms with Crippen LogP contribution in [0.2, 0.25) is 0 Å². The van der Waals surface area contributed by atoms with E-state index in [1.165, 1.54) is 0 Å². The molecule has 0 aliphatic carbocycles. The predicted molar refractivity (Wildman–Crippen MR) is 51.3 cm³/mol. The van der Waals surface area contributed by atoms with Crippen molar-refractivity contribution in [3.05, 3.63) is 36.0 Å². The van der Waals surface area contributed by atoms with Crippen molar-refractivity contribution >= 4 is 10.9 Å². The van der Waals surface area contributed by atoms with Gasteiger partial charge in [0.1, 0.15) is 5.75 Å². The Kier molecular flexibility index (Phi) is 1.87. The van der Waals surface area contributed by atoms with E-state index < -0.39 is 0 Å². The third kappa shape index (κ3) is 1.34. The van der Waals surface area contributed by atoms with Crippen LogP contribution in [0.3, 0.4) is 0 Å². The number of aromatic hydroxyl groups is 1. The molecule has 66 valence electrons. The summed E-state index contributed by atoms with van der Waals surface area (Å²) < 4.78 is 0. The lowest BCUT2D eigenvalue weighted by Gasteiger charge is -2.01. The third-order valence-corrected chi connectivity index (χ3v) is 1.98. The van der Waals surface area contributed by atoms with Gasteiger partial charge in [-0.25, -0.2) is 0 Å². The number of phenols is 1. The molecule has 1 aromatic carbocycles. The van der Waals surface area contributed by atoms with E-state index in [4.69, 9.17) is 5.73 Å². The van der Waals surface area contributed by atoms with Crippen LogP contribution in [-0.2, 0) is 6.54 Å². The monoisotopic (exact) mass is 174 g/mol. The number of fused-ring (bicyclic) bond motifs is 1. The molecule has 0 aliphatic rings. The molecule has 0 atom stereocenters. The lowest BCUT2D eigenvalue weighted by molar-refractivity contribution is 0.481. The number of nitrogens with zero attached hydrogens (tertiary/aromatic N) is 1. The first-order valence-electron chi connectivity index (χ1n) is 4.09. The van der Waals surface area contributed by atoms with Gasteiger partial charge < -0.3 is 10.8 Å². The molecule has 3 heteroatoms. The molecule has 2 rings (SSSR count). The van der Waals surface area contributed by atoms with Crippen LogP contribution in [0.4, 0.5) is 0 Å². The smallest absolute Gasteiger partial charge is 0.124 e. The minimum Gasteiger partial charge on any atom is -0.507 e. The summed E-state index contributed by atoms with van der Waals surface area (Å²) in [5, 5.41) is 10.2. The van der Waals surface area contributed by atoms with Crippen molar-refractivity contribution in [3.63, 3.8) is 0 Å². The molecule has 1 aromatic heterocycles. The van der Waals surface area contributed by atoms with E-state index in [0.717, 1.165) is 16.6 Å². The Labute approximate surface area is 75.8 Å². The van der Waals surface area contributed by atoms with Crippen molar-refractivity contribution in [1.29, 1.82) is 0 Å². The fourth-order valence-electron chi connectivity index (χ4n) is 1.29. The number of pyridine rings is 1. The SMILES string of the molecule is NCc1ccc2c(O)cccc2n1. The molecule has 3 nitrogen and oxygen atoms in total. The number of hydrogen-bond acceptors (Lipinski definition) is 3. The maximum atomic E-state index is 9.46. The van der Waals surface area contributed by atoms with E-state index in [1.54, 1.807) is 12.1 Å². The van der Waals surface area contributed by atoms with Gasteiger partial charge in [0.2, 0.25) is 0 Å². The second-order valence-corrected chi connectivity index (χ2v) is 2.85. The van der Waals surface area contributed by atoms with Gasteiger partial charge in [-0.3, -0.25) is 4.98 Å². The summed E-state index contributed by atoms with van der Waals surface area (Å²) in [6.45, 7) is 0.422. The quantitative estimate of drug-likeness (QED) is 0.687. The van der Waals surface area contributed by atoms with Crippen LogP contribution in [0.5, 0.6) is 5.75 Å². The molecule has 0 unspecified atom stereocenters. The van der Waals surface area contributed by atoms with Crippen LogP contribution in [-0.4, -0.2) is 10.1 Å². The molecular weight excluding hydrogens is 164 g/mol. The summed E-state index contributed by atoms with van der Waals surface area (Å²) in [5.74, 6) is 0.258. The van der Waals surface area contributed by atoms with Crippen LogP contribution in [0.25, 0.3) is 10.9 Å². The molecule has 0 aliphatic heterocycles. The Balaban J connectivity index is 2.72. The van der Waals surface area contributed by atoms with Gasteiger partial charge in [-0.2, -0.15) is 0 Å². The van der Waals surface area contributed by atoms with Crippen molar-refractivity contribution in [3.8, 4) is 5.75 Å². The highest BCUT2D eigenvalue weighted by Gasteiger charge is 2.00. The first-order valence-corrected chi connectivity index (χ1v) is 4.09. The van der Waals surface area contributed by atoms with E-state index in [2.05, 4.69) is 4.98 Å². The largest absolute Gasteiger partial charge is 0.507 e. The van der Waals surface area contributed by atoms with Crippen LogP contribution >= 0.6 is 0 Å². The van der Waals surface area contributed by atoms with Gasteiger partial charge in [0.15, 0.2) is 0 Å². The van der Waals surface area contributed by atoms with E-state index in [1.807, 2.05) is 18.2 Å². The zero-order chi connectivity index (χ0) is 9.26. The maximum Gasteiger partial charge on any atom is 0.124 e. The third-order valence-electron chi connectivity index (χ3n) is 1.98. The summed E-state index contributed by atoms with van der Waals surface area (Å²) in [4.78, 5) is 4.27. The number of benzene rings is 1. The molecule has 1 heterocycles. The average molecular weight is 174 g/mol. The predicted octanol–water partition coefficient (Wildman–Crippen LogP) is 1.40. The van der Waals surface area contributed by atoms with Crippen LogP contribution in [0.1, 0.15) is 5.69 Å². The molecule has 0 fully saturated rings. The Morgan fingerprint density at radius 1 is 1.23 bits per heavy atom. The summed E-state index contributed by atoms with van der Waals surface area (Å²) in [7, 11) is 0. The lowest BCUT2D eigenvalue weighted by atomic mass is 10.2. The highest BCUT2D eigenvalue weighted by molar-refractivity contribution is 5.84. The molecule has 0 saturated heterocycles. The zero-order valence-corrected chi connectivity index (χ0v) is 7.07. The Bertz CT molecular complexity index is 440. The Morgan fingerprint density at radius 3 is 2.85 bits per heavy atom. The molecule has 0 radical (unpaired) electrons. The standard InChI is InChI=1S/C10H10N2O/c11-6-7-4-5-8-9(12-7)2-1-3-10(8)13/h1-5,13H,6,11H2. The topological polar surface area (TPSA) is 59.1 Å². The minimum absolute atomic E-state index is 0.258. The summed E-state index contributed by atoms with van der Waals surface area (Å²) in [6, 6.07) is 8.92. The van der Waals surface area contributed by atoms with Crippen molar-refractivity contribution in [2.75, 3.05) is 0 Å². The second kappa shape index (κ2) is 3.03. The number of aromatic nitrogens is 1. The zero-order valence-electron chi connectivity index (χ0n) is 7.07. The van der Waals surface area contributed by atoms with Gasteiger partial charge in [0.25, 0.3) is 0 Å². The maximum absolute atomic E-state index is 9.46. The van der Waals surface area contributed by atoms with E-state index in [9.17, 15) is 5.11 Å². The van der Waals surface area contributed by atoms with Crippen molar-refractivity contribution in [1.82, 2.24) is 4.98 Å². The summed E-state index contributed by atoms with van der Waals surface area (Å²) >= 11 is 0. The summed E-state index contributed by atoms with van der Waals surface area (Å²) in [6.07, 6.45) is 0.